The standard InChI is InChI=1S/C15H29NO3/c1-3-4-5-6-7-11-19-12-10-15(2,14(17)18)16-13-8-9-13/h13,16H,3-12H2,1-2H3,(H,17,18). The Morgan fingerprint density at radius 3 is 2.53 bits per heavy atom. The summed E-state index contributed by atoms with van der Waals surface area (Å²) in [6.07, 6.45) is 8.85. The van der Waals surface area contributed by atoms with Gasteiger partial charge in [0.15, 0.2) is 0 Å². The van der Waals surface area contributed by atoms with Gasteiger partial charge in [-0.05, 0) is 32.6 Å². The highest BCUT2D eigenvalue weighted by Gasteiger charge is 2.38. The number of rotatable bonds is 12. The molecule has 1 unspecified atom stereocenters. The van der Waals surface area contributed by atoms with Crippen LogP contribution in [-0.4, -0.2) is 35.9 Å². The highest BCUT2D eigenvalue weighted by molar-refractivity contribution is 5.78. The van der Waals surface area contributed by atoms with Crippen LogP contribution < -0.4 is 5.32 Å². The van der Waals surface area contributed by atoms with Crippen molar-refractivity contribution in [3.63, 3.8) is 0 Å². The number of nitrogens with one attached hydrogen (secondary N) is 1. The predicted molar refractivity (Wildman–Crippen MR) is 76.4 cm³/mol. The first-order valence-electron chi connectivity index (χ1n) is 7.67. The summed E-state index contributed by atoms with van der Waals surface area (Å²) in [5, 5.41) is 12.5. The molecule has 0 saturated heterocycles. The van der Waals surface area contributed by atoms with Crippen LogP contribution in [0.5, 0.6) is 0 Å². The lowest BCUT2D eigenvalue weighted by atomic mass is 9.98. The number of ether oxygens (including phenoxy) is 1. The number of unbranched alkanes of at least 4 members (excludes halogenated alkanes) is 4. The van der Waals surface area contributed by atoms with Crippen molar-refractivity contribution in [1.82, 2.24) is 5.32 Å². The van der Waals surface area contributed by atoms with Gasteiger partial charge in [0.2, 0.25) is 0 Å². The summed E-state index contributed by atoms with van der Waals surface area (Å²) in [5.74, 6) is -0.772. The molecule has 1 fully saturated rings. The first kappa shape index (κ1) is 16.4. The van der Waals surface area contributed by atoms with Gasteiger partial charge in [0, 0.05) is 19.3 Å². The molecule has 0 aromatic heterocycles. The number of carboxylic acids is 1. The van der Waals surface area contributed by atoms with Gasteiger partial charge in [-0.3, -0.25) is 10.1 Å². The maximum atomic E-state index is 11.3. The van der Waals surface area contributed by atoms with Crippen molar-refractivity contribution in [3.8, 4) is 0 Å². The van der Waals surface area contributed by atoms with Crippen LogP contribution in [0.2, 0.25) is 0 Å². The molecular weight excluding hydrogens is 242 g/mol. The van der Waals surface area contributed by atoms with E-state index in [1.165, 1.54) is 25.7 Å². The van der Waals surface area contributed by atoms with Gasteiger partial charge in [-0.1, -0.05) is 32.6 Å². The van der Waals surface area contributed by atoms with Crippen molar-refractivity contribution >= 4 is 5.97 Å². The van der Waals surface area contributed by atoms with Gasteiger partial charge in [-0.15, -0.1) is 0 Å². The molecule has 1 aliphatic carbocycles. The first-order valence-corrected chi connectivity index (χ1v) is 7.67. The quantitative estimate of drug-likeness (QED) is 0.536. The third-order valence-corrected chi connectivity index (χ3v) is 3.71. The van der Waals surface area contributed by atoms with Crippen molar-refractivity contribution < 1.29 is 14.6 Å². The molecule has 1 saturated carbocycles. The molecule has 1 aliphatic rings. The van der Waals surface area contributed by atoms with Crippen LogP contribution in [-0.2, 0) is 9.53 Å². The Labute approximate surface area is 116 Å². The molecule has 19 heavy (non-hydrogen) atoms. The summed E-state index contributed by atoms with van der Waals surface area (Å²) in [4.78, 5) is 11.3. The number of carbonyl (C=O) groups is 1. The van der Waals surface area contributed by atoms with Crippen molar-refractivity contribution in [2.45, 2.75) is 76.8 Å². The summed E-state index contributed by atoms with van der Waals surface area (Å²) in [6, 6.07) is 0.398. The van der Waals surface area contributed by atoms with Crippen molar-refractivity contribution in [2.24, 2.45) is 0 Å². The summed E-state index contributed by atoms with van der Waals surface area (Å²) in [5.41, 5.74) is -0.830. The van der Waals surface area contributed by atoms with E-state index in [4.69, 9.17) is 4.74 Å². The number of aliphatic carboxylic acids is 1. The topological polar surface area (TPSA) is 58.6 Å². The van der Waals surface area contributed by atoms with Crippen LogP contribution in [0, 0.1) is 0 Å². The van der Waals surface area contributed by atoms with Crippen LogP contribution in [0.25, 0.3) is 0 Å². The molecular formula is C15H29NO3. The SMILES string of the molecule is CCCCCCCOCCC(C)(NC1CC1)C(=O)O. The van der Waals surface area contributed by atoms with Crippen LogP contribution >= 0.6 is 0 Å². The fourth-order valence-electron chi connectivity index (χ4n) is 2.11. The highest BCUT2D eigenvalue weighted by Crippen LogP contribution is 2.24. The molecule has 0 spiro atoms. The van der Waals surface area contributed by atoms with Crippen LogP contribution in [0.15, 0.2) is 0 Å². The van der Waals surface area contributed by atoms with E-state index in [1.807, 2.05) is 0 Å². The zero-order valence-corrected chi connectivity index (χ0v) is 12.4. The number of hydrogen-bond acceptors (Lipinski definition) is 3. The third kappa shape index (κ3) is 6.92. The third-order valence-electron chi connectivity index (χ3n) is 3.71. The second-order valence-corrected chi connectivity index (χ2v) is 5.83. The maximum absolute atomic E-state index is 11.3. The number of hydrogen-bond donors (Lipinski definition) is 2. The van der Waals surface area contributed by atoms with Gasteiger partial charge in [-0.25, -0.2) is 0 Å². The Balaban J connectivity index is 2.06. The van der Waals surface area contributed by atoms with Crippen LogP contribution in [0.4, 0.5) is 0 Å². The van der Waals surface area contributed by atoms with E-state index in [9.17, 15) is 9.90 Å². The molecule has 0 aromatic carbocycles. The Morgan fingerprint density at radius 2 is 1.95 bits per heavy atom. The highest BCUT2D eigenvalue weighted by atomic mass is 16.5. The summed E-state index contributed by atoms with van der Waals surface area (Å²) in [7, 11) is 0. The zero-order valence-electron chi connectivity index (χ0n) is 12.4. The molecule has 0 heterocycles. The minimum absolute atomic E-state index is 0.398. The second kappa shape index (κ2) is 8.54. The fourth-order valence-corrected chi connectivity index (χ4v) is 2.11. The van der Waals surface area contributed by atoms with Crippen molar-refractivity contribution in [2.75, 3.05) is 13.2 Å². The Hall–Kier alpha value is -0.610. The van der Waals surface area contributed by atoms with E-state index >= 15 is 0 Å². The predicted octanol–water partition coefficient (Wildman–Crippen LogP) is 2.96. The summed E-state index contributed by atoms with van der Waals surface area (Å²) >= 11 is 0. The van der Waals surface area contributed by atoms with E-state index in [0.717, 1.165) is 25.9 Å². The molecule has 4 nitrogen and oxygen atoms in total. The Morgan fingerprint density at radius 1 is 1.26 bits per heavy atom. The van der Waals surface area contributed by atoms with Crippen LogP contribution in [0.1, 0.15) is 65.2 Å². The van der Waals surface area contributed by atoms with E-state index < -0.39 is 11.5 Å². The molecule has 0 bridgehead atoms. The largest absolute Gasteiger partial charge is 0.480 e. The van der Waals surface area contributed by atoms with Gasteiger partial charge < -0.3 is 9.84 Å². The van der Waals surface area contributed by atoms with Gasteiger partial charge in [0.05, 0.1) is 0 Å². The molecule has 0 radical (unpaired) electrons. The van der Waals surface area contributed by atoms with Gasteiger partial charge in [0.25, 0.3) is 0 Å². The van der Waals surface area contributed by atoms with E-state index in [2.05, 4.69) is 12.2 Å². The van der Waals surface area contributed by atoms with E-state index in [1.54, 1.807) is 6.92 Å². The lowest BCUT2D eigenvalue weighted by molar-refractivity contribution is -0.145. The fraction of sp³-hybridized carbons (Fsp3) is 0.933. The van der Waals surface area contributed by atoms with E-state index in [-0.39, 0.29) is 0 Å². The molecule has 0 aliphatic heterocycles. The van der Waals surface area contributed by atoms with Crippen LogP contribution in [0.3, 0.4) is 0 Å². The molecule has 4 heteroatoms. The minimum Gasteiger partial charge on any atom is -0.480 e. The Kier molecular flexibility index (Phi) is 7.39. The molecule has 112 valence electrons. The molecule has 1 rings (SSSR count). The Bertz CT molecular complexity index is 266. The van der Waals surface area contributed by atoms with Crippen molar-refractivity contribution in [3.05, 3.63) is 0 Å². The van der Waals surface area contributed by atoms with Gasteiger partial charge in [0.1, 0.15) is 5.54 Å². The molecule has 2 N–H and O–H groups in total. The molecule has 0 aromatic rings. The summed E-state index contributed by atoms with van der Waals surface area (Å²) < 4.78 is 5.56. The zero-order chi connectivity index (χ0) is 14.1. The van der Waals surface area contributed by atoms with Gasteiger partial charge in [-0.2, -0.15) is 0 Å². The molecule has 0 amide bonds. The second-order valence-electron chi connectivity index (χ2n) is 5.83. The smallest absolute Gasteiger partial charge is 0.323 e. The van der Waals surface area contributed by atoms with Crippen molar-refractivity contribution in [1.29, 1.82) is 0 Å². The lowest BCUT2D eigenvalue weighted by Gasteiger charge is -2.26. The average Bonchev–Trinajstić information content (AvgIpc) is 3.16. The minimum atomic E-state index is -0.830. The summed E-state index contributed by atoms with van der Waals surface area (Å²) in [6.45, 7) is 5.24. The normalized spacial score (nSPS) is 18.2. The maximum Gasteiger partial charge on any atom is 0.323 e. The monoisotopic (exact) mass is 271 g/mol. The van der Waals surface area contributed by atoms with E-state index in [0.29, 0.717) is 19.1 Å². The lowest BCUT2D eigenvalue weighted by Crippen LogP contribution is -2.51. The average molecular weight is 271 g/mol. The van der Waals surface area contributed by atoms with Gasteiger partial charge >= 0.3 is 5.97 Å². The first-order chi connectivity index (χ1) is 9.08. The molecule has 1 atom stereocenters. The number of carboxylic acid groups (broad SMARTS) is 1.